The van der Waals surface area contributed by atoms with E-state index in [0.29, 0.717) is 11.1 Å². The molecule has 268 valence electrons. The first-order valence-corrected chi connectivity index (χ1v) is 18.5. The van der Waals surface area contributed by atoms with Crippen molar-refractivity contribution in [1.82, 2.24) is 0 Å². The standard InChI is InChI=1S/C56H39N/c1-3-12-40(13-4-1)42-26-33-49(34-27-42)57(50-35-28-43(29-36-50)41-22-24-46(25-23-41)53-21-11-18-44-14-7-9-19-52(44)53)51-37-30-47(31-38-51)55-39-32-45-15-8-10-20-54(45)56(55)48-16-5-2-6-17-48/h1-39H/i1D,3D,4D,12D,13D,26D,27D,30D,31D,33D,34D,37D,38D. The van der Waals surface area contributed by atoms with Gasteiger partial charge in [0.25, 0.3) is 0 Å². The normalized spacial score (nSPS) is 14.4. The third-order valence-electron chi connectivity index (χ3n) is 10.1. The molecule has 10 aromatic rings. The van der Waals surface area contributed by atoms with E-state index in [-0.39, 0.29) is 16.9 Å². The maximum absolute atomic E-state index is 9.70. The molecule has 0 atom stereocenters. The number of rotatable bonds is 8. The Hall–Kier alpha value is -7.48. The number of hydrogen-bond acceptors (Lipinski definition) is 1. The molecule has 1 heteroatoms. The van der Waals surface area contributed by atoms with Crippen LogP contribution in [0.3, 0.4) is 0 Å². The number of benzene rings is 10. The van der Waals surface area contributed by atoms with Crippen molar-refractivity contribution in [3.05, 3.63) is 236 Å². The van der Waals surface area contributed by atoms with Gasteiger partial charge in [0.15, 0.2) is 0 Å². The molecule has 10 aromatic carbocycles. The highest BCUT2D eigenvalue weighted by atomic mass is 15.1. The molecule has 0 amide bonds. The molecule has 0 aliphatic heterocycles. The fourth-order valence-electron chi connectivity index (χ4n) is 7.36. The molecule has 0 saturated heterocycles. The average molecular weight is 739 g/mol. The lowest BCUT2D eigenvalue weighted by atomic mass is 9.90. The SMILES string of the molecule is [2H]c1c([2H])c([2H])c(-c2c([2H])c([2H])c(N(c3ccc(-c4ccc(-c5cccc6ccccc56)cc4)cc3)c3c([2H])c([2H])c(-c4ccc5ccccc5c4-c4ccccc4)c([2H])c3[2H])c([2H])c2[2H])c([2H])c1[2H]. The lowest BCUT2D eigenvalue weighted by molar-refractivity contribution is 1.28. The van der Waals surface area contributed by atoms with Gasteiger partial charge in [0, 0.05) is 17.1 Å². The summed E-state index contributed by atoms with van der Waals surface area (Å²) in [6, 6.07) is 41.7. The highest BCUT2D eigenvalue weighted by Gasteiger charge is 2.16. The van der Waals surface area contributed by atoms with Crippen LogP contribution in [0, 0.1) is 0 Å². The summed E-state index contributed by atoms with van der Waals surface area (Å²) in [6.45, 7) is 0. The molecular weight excluding hydrogens is 687 g/mol. The van der Waals surface area contributed by atoms with E-state index >= 15 is 0 Å². The van der Waals surface area contributed by atoms with Crippen LogP contribution in [0.15, 0.2) is 236 Å². The number of fused-ring (bicyclic) bond motifs is 2. The van der Waals surface area contributed by atoms with Gasteiger partial charge in [-0.25, -0.2) is 0 Å². The van der Waals surface area contributed by atoms with Crippen molar-refractivity contribution >= 4 is 38.6 Å². The van der Waals surface area contributed by atoms with Crippen LogP contribution in [0.5, 0.6) is 0 Å². The molecule has 0 fully saturated rings. The van der Waals surface area contributed by atoms with E-state index in [2.05, 4.69) is 24.3 Å². The van der Waals surface area contributed by atoms with E-state index in [4.69, 9.17) is 6.85 Å². The summed E-state index contributed by atoms with van der Waals surface area (Å²) in [5.74, 6) is 0. The second kappa shape index (κ2) is 15.0. The first kappa shape index (κ1) is 22.8. The van der Waals surface area contributed by atoms with Gasteiger partial charge in [-0.1, -0.05) is 200 Å². The molecule has 0 N–H and O–H groups in total. The summed E-state index contributed by atoms with van der Waals surface area (Å²) in [7, 11) is 0. The van der Waals surface area contributed by atoms with Crippen molar-refractivity contribution in [2.75, 3.05) is 4.90 Å². The van der Waals surface area contributed by atoms with Gasteiger partial charge in [-0.2, -0.15) is 0 Å². The molecule has 0 saturated carbocycles. The summed E-state index contributed by atoms with van der Waals surface area (Å²) in [5.41, 5.74) is 4.01. The molecule has 0 bridgehead atoms. The van der Waals surface area contributed by atoms with Crippen LogP contribution in [0.2, 0.25) is 0 Å². The largest absolute Gasteiger partial charge is 0.311 e. The fraction of sp³-hybridized carbons (Fsp3) is 0. The predicted molar refractivity (Wildman–Crippen MR) is 243 cm³/mol. The van der Waals surface area contributed by atoms with E-state index in [1.54, 1.807) is 30.3 Å². The van der Waals surface area contributed by atoms with E-state index < -0.39 is 95.4 Å². The van der Waals surface area contributed by atoms with Crippen molar-refractivity contribution in [3.8, 4) is 55.6 Å². The predicted octanol–water partition coefficient (Wildman–Crippen LogP) is 15.8. The van der Waals surface area contributed by atoms with Crippen LogP contribution in [0.1, 0.15) is 17.8 Å². The summed E-state index contributed by atoms with van der Waals surface area (Å²) in [4.78, 5) is 1.18. The Morgan fingerprint density at radius 2 is 0.807 bits per heavy atom. The Bertz CT molecular complexity index is 3650. The zero-order chi connectivity index (χ0) is 49.3. The second-order valence-electron chi connectivity index (χ2n) is 13.5. The van der Waals surface area contributed by atoms with E-state index in [9.17, 15) is 11.0 Å². The first-order chi connectivity index (χ1) is 33.7. The zero-order valence-corrected chi connectivity index (χ0v) is 30.5. The van der Waals surface area contributed by atoms with Crippen molar-refractivity contribution < 1.29 is 17.8 Å². The van der Waals surface area contributed by atoms with Gasteiger partial charge in [-0.3, -0.25) is 0 Å². The summed E-state index contributed by atoms with van der Waals surface area (Å²) < 4.78 is 118. The molecule has 0 aliphatic rings. The molecule has 0 radical (unpaired) electrons. The van der Waals surface area contributed by atoms with Gasteiger partial charge in [0.1, 0.15) is 0 Å². The van der Waals surface area contributed by atoms with Gasteiger partial charge in [-0.15, -0.1) is 0 Å². The lowest BCUT2D eigenvalue weighted by Gasteiger charge is -2.26. The Morgan fingerprint density at radius 1 is 0.281 bits per heavy atom. The van der Waals surface area contributed by atoms with Gasteiger partial charge in [0.05, 0.1) is 17.8 Å². The van der Waals surface area contributed by atoms with Gasteiger partial charge in [0.2, 0.25) is 0 Å². The Balaban J connectivity index is 1.17. The van der Waals surface area contributed by atoms with E-state index in [1.807, 2.05) is 103 Å². The molecule has 0 unspecified atom stereocenters. The minimum atomic E-state index is -0.738. The molecule has 0 aromatic heterocycles. The summed E-state index contributed by atoms with van der Waals surface area (Å²) >= 11 is 0. The Kier molecular flexibility index (Phi) is 5.99. The number of nitrogens with zero attached hydrogens (tertiary/aromatic N) is 1. The third kappa shape index (κ3) is 6.66. The average Bonchev–Trinajstić information content (AvgIpc) is 3.39. The minimum Gasteiger partial charge on any atom is -0.311 e. The number of hydrogen-bond donors (Lipinski definition) is 0. The maximum Gasteiger partial charge on any atom is 0.0645 e. The van der Waals surface area contributed by atoms with Crippen LogP contribution < -0.4 is 4.90 Å². The molecule has 0 aliphatic carbocycles. The Morgan fingerprint density at radius 3 is 1.49 bits per heavy atom. The highest BCUT2D eigenvalue weighted by Crippen LogP contribution is 2.41. The van der Waals surface area contributed by atoms with Crippen LogP contribution in [-0.4, -0.2) is 0 Å². The van der Waals surface area contributed by atoms with Crippen LogP contribution >= 0.6 is 0 Å². The fourth-order valence-corrected chi connectivity index (χ4v) is 7.36. The second-order valence-corrected chi connectivity index (χ2v) is 13.5. The van der Waals surface area contributed by atoms with Crippen molar-refractivity contribution in [3.63, 3.8) is 0 Å². The van der Waals surface area contributed by atoms with Gasteiger partial charge in [-0.05, 0) is 113 Å². The van der Waals surface area contributed by atoms with Crippen LogP contribution in [0.4, 0.5) is 17.1 Å². The quantitative estimate of drug-likeness (QED) is 0.150. The summed E-state index contributed by atoms with van der Waals surface area (Å²) in [5, 5.41) is 3.98. The van der Waals surface area contributed by atoms with Gasteiger partial charge >= 0.3 is 0 Å². The first-order valence-electron chi connectivity index (χ1n) is 25.0. The third-order valence-corrected chi connectivity index (χ3v) is 10.1. The molecular formula is C56H39N. The minimum absolute atomic E-state index is 0.0155. The van der Waals surface area contributed by atoms with Crippen molar-refractivity contribution in [2.45, 2.75) is 0 Å². The molecule has 57 heavy (non-hydrogen) atoms. The van der Waals surface area contributed by atoms with Crippen LogP contribution in [-0.2, 0) is 0 Å². The van der Waals surface area contributed by atoms with Crippen LogP contribution in [0.25, 0.3) is 77.2 Å². The smallest absolute Gasteiger partial charge is 0.0645 e. The molecule has 1 nitrogen and oxygen atoms in total. The molecule has 0 spiro atoms. The summed E-state index contributed by atoms with van der Waals surface area (Å²) in [6.07, 6.45) is 0. The van der Waals surface area contributed by atoms with E-state index in [1.165, 1.54) is 4.90 Å². The molecule has 0 heterocycles. The highest BCUT2D eigenvalue weighted by molar-refractivity contribution is 6.04. The number of anilines is 3. The maximum atomic E-state index is 9.70. The van der Waals surface area contributed by atoms with Crippen molar-refractivity contribution in [2.24, 2.45) is 0 Å². The Labute approximate surface area is 352 Å². The van der Waals surface area contributed by atoms with E-state index in [0.717, 1.165) is 49.4 Å². The zero-order valence-electron chi connectivity index (χ0n) is 43.5. The van der Waals surface area contributed by atoms with Gasteiger partial charge < -0.3 is 4.90 Å². The monoisotopic (exact) mass is 738 g/mol. The topological polar surface area (TPSA) is 3.24 Å². The molecule has 10 rings (SSSR count). The van der Waals surface area contributed by atoms with Crippen molar-refractivity contribution in [1.29, 1.82) is 0 Å². The lowest BCUT2D eigenvalue weighted by Crippen LogP contribution is -2.09.